The highest BCUT2D eigenvalue weighted by atomic mass is 19.1. The summed E-state index contributed by atoms with van der Waals surface area (Å²) in [6.07, 6.45) is 2.07. The normalized spacial score (nSPS) is 16.1. The van der Waals surface area contributed by atoms with Crippen molar-refractivity contribution in [3.05, 3.63) is 59.2 Å². The van der Waals surface area contributed by atoms with Crippen molar-refractivity contribution < 1.29 is 18.7 Å². The molecule has 1 aliphatic heterocycles. The van der Waals surface area contributed by atoms with Gasteiger partial charge in [-0.25, -0.2) is 8.78 Å². The lowest BCUT2D eigenvalue weighted by atomic mass is 9.86. The molecule has 1 aliphatic rings. The van der Waals surface area contributed by atoms with E-state index in [4.69, 9.17) is 0 Å². The number of benzene rings is 2. The molecule has 1 fully saturated rings. The lowest BCUT2D eigenvalue weighted by Gasteiger charge is -2.50. The molecule has 162 valence electrons. The first-order valence-electron chi connectivity index (χ1n) is 10.3. The van der Waals surface area contributed by atoms with Crippen LogP contribution in [0.1, 0.15) is 42.6 Å². The van der Waals surface area contributed by atoms with Crippen LogP contribution in [0.15, 0.2) is 36.4 Å². The van der Waals surface area contributed by atoms with Gasteiger partial charge in [0.1, 0.15) is 17.2 Å². The number of halogens is 2. The number of hydrogen-bond acceptors (Lipinski definition) is 4. The van der Waals surface area contributed by atoms with Crippen molar-refractivity contribution in [3.8, 4) is 0 Å². The van der Waals surface area contributed by atoms with E-state index in [1.165, 1.54) is 35.2 Å². The Hall–Kier alpha value is -2.51. The molecule has 5 nitrogen and oxygen atoms in total. The fourth-order valence-corrected chi connectivity index (χ4v) is 3.57. The van der Waals surface area contributed by atoms with Gasteiger partial charge in [0.2, 0.25) is 0 Å². The Morgan fingerprint density at radius 1 is 1.23 bits per heavy atom. The number of β-amino-alcohol motifs (C(OH)–C–C–N with tert-alkyl or cyclic N) is 1. The Labute approximate surface area is 176 Å². The standard InChI is InChI=1S/C23H29F2N3O2/c1-4-5-11-26-16(3)23(30)13-28(14-23)22(29)17-7-6-8-18(24)21(17)27-20-10-9-15(2)12-19(20)25/h6-10,12,16,26-27,30H,4-5,11,13-14H2,1-3H3. The maximum absolute atomic E-state index is 14.5. The number of nitrogens with zero attached hydrogens (tertiary/aromatic N) is 1. The van der Waals surface area contributed by atoms with Crippen LogP contribution in [0.2, 0.25) is 0 Å². The van der Waals surface area contributed by atoms with Gasteiger partial charge in [0, 0.05) is 6.04 Å². The zero-order chi connectivity index (χ0) is 21.9. The van der Waals surface area contributed by atoms with Crippen LogP contribution in [0.3, 0.4) is 0 Å². The summed E-state index contributed by atoms with van der Waals surface area (Å²) < 4.78 is 28.8. The van der Waals surface area contributed by atoms with Crippen molar-refractivity contribution in [2.75, 3.05) is 25.0 Å². The molecule has 0 bridgehead atoms. The molecule has 0 saturated carbocycles. The minimum atomic E-state index is -1.02. The van der Waals surface area contributed by atoms with Crippen LogP contribution in [0, 0.1) is 18.6 Å². The molecule has 30 heavy (non-hydrogen) atoms. The lowest BCUT2D eigenvalue weighted by Crippen LogP contribution is -2.70. The molecule has 1 amide bonds. The van der Waals surface area contributed by atoms with E-state index >= 15 is 0 Å². The summed E-state index contributed by atoms with van der Waals surface area (Å²) >= 11 is 0. The third-order valence-corrected chi connectivity index (χ3v) is 5.63. The van der Waals surface area contributed by atoms with Crippen LogP contribution in [0.4, 0.5) is 20.2 Å². The predicted molar refractivity (Wildman–Crippen MR) is 114 cm³/mol. The Bertz CT molecular complexity index is 913. The Morgan fingerprint density at radius 3 is 2.63 bits per heavy atom. The summed E-state index contributed by atoms with van der Waals surface area (Å²) in [5.41, 5.74) is -0.163. The summed E-state index contributed by atoms with van der Waals surface area (Å²) in [6, 6.07) is 8.55. The van der Waals surface area contributed by atoms with Crippen LogP contribution in [-0.4, -0.2) is 47.2 Å². The highest BCUT2D eigenvalue weighted by Gasteiger charge is 2.47. The van der Waals surface area contributed by atoms with Crippen molar-refractivity contribution in [1.29, 1.82) is 0 Å². The Balaban J connectivity index is 1.74. The Morgan fingerprint density at radius 2 is 1.97 bits per heavy atom. The molecule has 1 saturated heterocycles. The van der Waals surface area contributed by atoms with Gasteiger partial charge in [0.25, 0.3) is 5.91 Å². The first-order valence-corrected chi connectivity index (χ1v) is 10.3. The van der Waals surface area contributed by atoms with E-state index in [9.17, 15) is 18.7 Å². The number of hydrogen-bond donors (Lipinski definition) is 3. The third-order valence-electron chi connectivity index (χ3n) is 5.63. The smallest absolute Gasteiger partial charge is 0.256 e. The maximum Gasteiger partial charge on any atom is 0.256 e. The van der Waals surface area contributed by atoms with Crippen molar-refractivity contribution in [1.82, 2.24) is 10.2 Å². The SMILES string of the molecule is CCCCNC(C)C1(O)CN(C(=O)c2cccc(F)c2Nc2ccc(C)cc2F)C1. The number of para-hydroxylation sites is 1. The highest BCUT2D eigenvalue weighted by molar-refractivity contribution is 6.01. The van der Waals surface area contributed by atoms with Gasteiger partial charge in [-0.15, -0.1) is 0 Å². The predicted octanol–water partition coefficient (Wildman–Crippen LogP) is 3.98. The molecule has 3 N–H and O–H groups in total. The molecule has 7 heteroatoms. The van der Waals surface area contributed by atoms with E-state index in [1.807, 2.05) is 6.92 Å². The summed E-state index contributed by atoms with van der Waals surface area (Å²) in [4.78, 5) is 14.5. The van der Waals surface area contributed by atoms with Gasteiger partial charge in [0.05, 0.1) is 30.0 Å². The second kappa shape index (κ2) is 9.10. The minimum absolute atomic E-state index is 0.0742. The quantitative estimate of drug-likeness (QED) is 0.569. The largest absolute Gasteiger partial charge is 0.385 e. The van der Waals surface area contributed by atoms with Gasteiger partial charge >= 0.3 is 0 Å². The van der Waals surface area contributed by atoms with Crippen molar-refractivity contribution in [2.45, 2.75) is 45.3 Å². The first-order chi connectivity index (χ1) is 14.2. The molecule has 0 aliphatic carbocycles. The van der Waals surface area contributed by atoms with E-state index in [2.05, 4.69) is 17.6 Å². The van der Waals surface area contributed by atoms with Crippen LogP contribution in [0.25, 0.3) is 0 Å². The van der Waals surface area contributed by atoms with Gasteiger partial charge < -0.3 is 20.6 Å². The number of carbonyl (C=O) groups excluding carboxylic acids is 1. The summed E-state index contributed by atoms with van der Waals surface area (Å²) in [7, 11) is 0. The summed E-state index contributed by atoms with van der Waals surface area (Å²) in [5.74, 6) is -1.58. The van der Waals surface area contributed by atoms with Gasteiger partial charge in [-0.2, -0.15) is 0 Å². The van der Waals surface area contributed by atoms with Crippen LogP contribution in [0.5, 0.6) is 0 Å². The number of carbonyl (C=O) groups is 1. The molecular weight excluding hydrogens is 388 g/mol. The highest BCUT2D eigenvalue weighted by Crippen LogP contribution is 2.31. The van der Waals surface area contributed by atoms with Gasteiger partial charge in [-0.1, -0.05) is 25.5 Å². The molecule has 1 atom stereocenters. The number of likely N-dealkylation sites (tertiary alicyclic amines) is 1. The molecule has 1 heterocycles. The molecule has 0 spiro atoms. The van der Waals surface area contributed by atoms with E-state index in [0.717, 1.165) is 24.9 Å². The van der Waals surface area contributed by atoms with Gasteiger partial charge in [-0.05, 0) is 56.6 Å². The van der Waals surface area contributed by atoms with E-state index in [-0.39, 0.29) is 36.1 Å². The van der Waals surface area contributed by atoms with Crippen LogP contribution < -0.4 is 10.6 Å². The molecule has 2 aromatic rings. The number of anilines is 2. The van der Waals surface area contributed by atoms with E-state index in [0.29, 0.717) is 0 Å². The second-order valence-electron chi connectivity index (χ2n) is 8.06. The topological polar surface area (TPSA) is 64.6 Å². The number of nitrogens with one attached hydrogen (secondary N) is 2. The third kappa shape index (κ3) is 4.63. The molecule has 2 aromatic carbocycles. The fraction of sp³-hybridized carbons (Fsp3) is 0.435. The first kappa shape index (κ1) is 22.2. The average Bonchev–Trinajstić information content (AvgIpc) is 2.68. The van der Waals surface area contributed by atoms with Gasteiger partial charge in [0.15, 0.2) is 0 Å². The number of rotatable bonds is 8. The summed E-state index contributed by atoms with van der Waals surface area (Å²) in [6.45, 7) is 6.86. The molecule has 0 aromatic heterocycles. The number of amides is 1. The van der Waals surface area contributed by atoms with Crippen molar-refractivity contribution in [3.63, 3.8) is 0 Å². The van der Waals surface area contributed by atoms with Crippen molar-refractivity contribution >= 4 is 17.3 Å². The molecular formula is C23H29F2N3O2. The molecule has 0 radical (unpaired) electrons. The monoisotopic (exact) mass is 417 g/mol. The van der Waals surface area contributed by atoms with E-state index in [1.54, 1.807) is 13.0 Å². The van der Waals surface area contributed by atoms with Crippen molar-refractivity contribution in [2.24, 2.45) is 0 Å². The number of aliphatic hydroxyl groups is 1. The number of unbranched alkanes of at least 4 members (excludes halogenated alkanes) is 1. The lowest BCUT2D eigenvalue weighted by molar-refractivity contribution is -0.100. The summed E-state index contributed by atoms with van der Waals surface area (Å²) in [5, 5.41) is 16.8. The van der Waals surface area contributed by atoms with Crippen LogP contribution in [-0.2, 0) is 0 Å². The zero-order valence-electron chi connectivity index (χ0n) is 17.6. The minimum Gasteiger partial charge on any atom is -0.385 e. The maximum atomic E-state index is 14.5. The Kier molecular flexibility index (Phi) is 6.73. The molecule has 3 rings (SSSR count). The average molecular weight is 418 g/mol. The van der Waals surface area contributed by atoms with Gasteiger partial charge in [-0.3, -0.25) is 4.79 Å². The number of aryl methyl sites for hydroxylation is 1. The van der Waals surface area contributed by atoms with Crippen LogP contribution >= 0.6 is 0 Å². The molecule has 1 unspecified atom stereocenters. The second-order valence-corrected chi connectivity index (χ2v) is 8.06. The van der Waals surface area contributed by atoms with E-state index < -0.39 is 23.1 Å². The fourth-order valence-electron chi connectivity index (χ4n) is 3.57. The zero-order valence-corrected chi connectivity index (χ0v) is 17.6.